The first-order chi connectivity index (χ1) is 15.9. The van der Waals surface area contributed by atoms with E-state index in [0.29, 0.717) is 0 Å². The first-order valence-electron chi connectivity index (χ1n) is 11.8. The average Bonchev–Trinajstić information content (AvgIpc) is 3.28. The summed E-state index contributed by atoms with van der Waals surface area (Å²) in [5, 5.41) is 0. The second-order valence-electron chi connectivity index (χ2n) is 8.20. The summed E-state index contributed by atoms with van der Waals surface area (Å²) < 4.78 is 44.9. The number of likely N-dealkylation sites (tertiary alicyclic amines) is 1. The lowest BCUT2D eigenvalue weighted by Crippen LogP contribution is -2.48. The zero-order valence-corrected chi connectivity index (χ0v) is 24.1. The van der Waals surface area contributed by atoms with Crippen LogP contribution in [0.15, 0.2) is 0 Å². The van der Waals surface area contributed by atoms with Crippen molar-refractivity contribution >= 4 is 17.6 Å². The van der Waals surface area contributed by atoms with Crippen LogP contribution in [0.25, 0.3) is 0 Å². The molecule has 12 heteroatoms. The van der Waals surface area contributed by atoms with E-state index in [1.165, 1.54) is 0 Å². The van der Waals surface area contributed by atoms with Crippen molar-refractivity contribution in [3.05, 3.63) is 0 Å². The van der Waals surface area contributed by atoms with Crippen LogP contribution >= 0.6 is 0 Å². The van der Waals surface area contributed by atoms with E-state index in [-0.39, 0.29) is 0 Å². The molecular formula is C21H48N2O8Si2. The first-order valence-corrected chi connectivity index (χ1v) is 15.6. The molecule has 0 N–H and O–H groups in total. The van der Waals surface area contributed by atoms with Gasteiger partial charge in [-0.3, -0.25) is 4.90 Å². The molecule has 33 heavy (non-hydrogen) atoms. The van der Waals surface area contributed by atoms with Crippen LogP contribution in [0.5, 0.6) is 0 Å². The summed E-state index contributed by atoms with van der Waals surface area (Å²) in [5.41, 5.74) is 0. The molecule has 0 saturated carbocycles. The van der Waals surface area contributed by atoms with Gasteiger partial charge in [0, 0.05) is 88.5 Å². The van der Waals surface area contributed by atoms with E-state index in [1.807, 2.05) is 0 Å². The zero-order chi connectivity index (χ0) is 24.8. The fourth-order valence-electron chi connectivity index (χ4n) is 4.62. The smallest absolute Gasteiger partial charge is 0.377 e. The van der Waals surface area contributed by atoms with Crippen LogP contribution in [0, 0.1) is 0 Å². The number of ether oxygens (including phenoxy) is 2. The first kappa shape index (κ1) is 31.1. The van der Waals surface area contributed by atoms with Gasteiger partial charge in [0.2, 0.25) is 5.91 Å². The molecule has 1 aliphatic rings. The molecule has 1 rings (SSSR count). The van der Waals surface area contributed by atoms with Crippen LogP contribution in [-0.4, -0.2) is 123 Å². The summed E-state index contributed by atoms with van der Waals surface area (Å²) in [6.07, 6.45) is 4.89. The Hall–Kier alpha value is 0.0338. The van der Waals surface area contributed by atoms with E-state index in [0.717, 1.165) is 76.9 Å². The molecule has 1 saturated heterocycles. The third-order valence-electron chi connectivity index (χ3n) is 6.72. The Morgan fingerprint density at radius 3 is 1.48 bits per heavy atom. The van der Waals surface area contributed by atoms with E-state index in [2.05, 4.69) is 9.80 Å². The van der Waals surface area contributed by atoms with Crippen molar-refractivity contribution < 1.29 is 36.0 Å². The molecule has 0 aromatic rings. The summed E-state index contributed by atoms with van der Waals surface area (Å²) in [6.45, 7) is 4.77. The molecule has 1 aliphatic heterocycles. The molecule has 0 unspecified atom stereocenters. The number of nitrogens with zero attached hydrogens (tertiary/aromatic N) is 2. The molecular weight excluding hydrogens is 464 g/mol. The van der Waals surface area contributed by atoms with Crippen molar-refractivity contribution in [2.24, 2.45) is 0 Å². The highest BCUT2D eigenvalue weighted by molar-refractivity contribution is 6.60. The largest absolute Gasteiger partial charge is 0.500 e. The minimum Gasteiger partial charge on any atom is -0.377 e. The standard InChI is InChI=1S/C21H48N2O8Si2/c1-24-21(25-2)13-9-17-23(21)18-10-14-22(15-11-19-32(26-3,27-4)28-5)16-12-20-33(29-6,30-7)31-8/h9-20H2,1-8H3. The number of hydrogen-bond donors (Lipinski definition) is 0. The van der Waals surface area contributed by atoms with E-state index in [9.17, 15) is 0 Å². The average molecular weight is 513 g/mol. The topological polar surface area (TPSA) is 80.3 Å². The second-order valence-corrected chi connectivity index (χ2v) is 14.4. The van der Waals surface area contributed by atoms with Gasteiger partial charge in [0.1, 0.15) is 0 Å². The molecule has 0 amide bonds. The second kappa shape index (κ2) is 15.9. The van der Waals surface area contributed by atoms with Crippen molar-refractivity contribution in [1.82, 2.24) is 9.80 Å². The van der Waals surface area contributed by atoms with E-state index < -0.39 is 23.5 Å². The van der Waals surface area contributed by atoms with Gasteiger partial charge in [-0.2, -0.15) is 0 Å². The highest BCUT2D eigenvalue weighted by Gasteiger charge is 2.41. The third-order valence-corrected chi connectivity index (χ3v) is 12.4. The van der Waals surface area contributed by atoms with Crippen LogP contribution in [0.2, 0.25) is 12.1 Å². The maximum absolute atomic E-state index is 5.71. The maximum atomic E-state index is 5.71. The minimum absolute atomic E-state index is 0.577. The van der Waals surface area contributed by atoms with E-state index >= 15 is 0 Å². The number of hydrogen-bond acceptors (Lipinski definition) is 10. The van der Waals surface area contributed by atoms with Gasteiger partial charge in [-0.25, -0.2) is 0 Å². The van der Waals surface area contributed by atoms with Crippen LogP contribution in [0.3, 0.4) is 0 Å². The van der Waals surface area contributed by atoms with Crippen LogP contribution < -0.4 is 0 Å². The Morgan fingerprint density at radius 2 is 1.09 bits per heavy atom. The Labute approximate surface area is 203 Å². The number of methoxy groups -OCH3 is 2. The van der Waals surface area contributed by atoms with Crippen molar-refractivity contribution in [2.75, 3.05) is 89.6 Å². The summed E-state index contributed by atoms with van der Waals surface area (Å²) in [5.74, 6) is -0.577. The summed E-state index contributed by atoms with van der Waals surface area (Å²) in [6, 6.07) is 1.56. The molecule has 10 nitrogen and oxygen atoms in total. The fraction of sp³-hybridized carbons (Fsp3) is 1.00. The minimum atomic E-state index is -2.57. The van der Waals surface area contributed by atoms with Gasteiger partial charge in [0.25, 0.3) is 0 Å². The summed E-state index contributed by atoms with van der Waals surface area (Å²) in [4.78, 5) is 4.79. The van der Waals surface area contributed by atoms with Gasteiger partial charge in [0.15, 0.2) is 0 Å². The predicted octanol–water partition coefficient (Wildman–Crippen LogP) is 2.26. The van der Waals surface area contributed by atoms with Crippen molar-refractivity contribution in [3.63, 3.8) is 0 Å². The van der Waals surface area contributed by atoms with Gasteiger partial charge in [-0.15, -0.1) is 0 Å². The maximum Gasteiger partial charge on any atom is 0.500 e. The van der Waals surface area contributed by atoms with Crippen molar-refractivity contribution in [1.29, 1.82) is 0 Å². The van der Waals surface area contributed by atoms with Crippen LogP contribution in [-0.2, 0) is 36.0 Å². The normalized spacial score (nSPS) is 17.4. The lowest BCUT2D eigenvalue weighted by Gasteiger charge is -2.36. The van der Waals surface area contributed by atoms with Gasteiger partial charge in [-0.05, 0) is 45.3 Å². The van der Waals surface area contributed by atoms with E-state index in [1.54, 1.807) is 56.9 Å². The Balaban J connectivity index is 2.66. The molecule has 1 fully saturated rings. The molecule has 0 atom stereocenters. The molecule has 0 aromatic carbocycles. The predicted molar refractivity (Wildman–Crippen MR) is 131 cm³/mol. The van der Waals surface area contributed by atoms with Crippen molar-refractivity contribution in [3.8, 4) is 0 Å². The highest BCUT2D eigenvalue weighted by Crippen LogP contribution is 2.30. The molecule has 0 bridgehead atoms. The van der Waals surface area contributed by atoms with Crippen LogP contribution in [0.4, 0.5) is 0 Å². The van der Waals surface area contributed by atoms with Crippen LogP contribution in [0.1, 0.15) is 32.1 Å². The monoisotopic (exact) mass is 512 g/mol. The van der Waals surface area contributed by atoms with Gasteiger partial charge >= 0.3 is 17.6 Å². The third kappa shape index (κ3) is 8.88. The molecule has 0 radical (unpaired) electrons. The molecule has 0 aromatic heterocycles. The van der Waals surface area contributed by atoms with Gasteiger partial charge < -0.3 is 40.9 Å². The zero-order valence-electron chi connectivity index (χ0n) is 22.1. The summed E-state index contributed by atoms with van der Waals surface area (Å²) in [7, 11) is 8.29. The quantitative estimate of drug-likeness (QED) is 0.179. The van der Waals surface area contributed by atoms with E-state index in [4.69, 9.17) is 36.0 Å². The van der Waals surface area contributed by atoms with Crippen molar-refractivity contribution in [2.45, 2.75) is 50.1 Å². The van der Waals surface area contributed by atoms with Gasteiger partial charge in [0.05, 0.1) is 0 Å². The Bertz CT molecular complexity index is 466. The highest BCUT2D eigenvalue weighted by atomic mass is 28.4. The lowest BCUT2D eigenvalue weighted by molar-refractivity contribution is -0.278. The Morgan fingerprint density at radius 1 is 0.667 bits per heavy atom. The Kier molecular flexibility index (Phi) is 15.0. The summed E-state index contributed by atoms with van der Waals surface area (Å²) >= 11 is 0. The number of rotatable bonds is 20. The molecule has 198 valence electrons. The lowest BCUT2D eigenvalue weighted by atomic mass is 10.3. The fourth-order valence-corrected chi connectivity index (χ4v) is 8.03. The molecule has 1 heterocycles. The SMILES string of the molecule is COC1(OC)CCCN1CCCN(CCC[Si](OC)(OC)OC)CCC[Si](OC)(OC)OC. The molecule has 0 aliphatic carbocycles. The molecule has 0 spiro atoms. The van der Waals surface area contributed by atoms with Gasteiger partial charge in [-0.1, -0.05) is 0 Å².